The van der Waals surface area contributed by atoms with Crippen molar-refractivity contribution >= 4 is 12.6 Å². The summed E-state index contributed by atoms with van der Waals surface area (Å²) in [6.45, 7) is 18.5. The molecule has 12 nitrogen and oxygen atoms in total. The molecule has 0 amide bonds. The molecule has 62 heavy (non-hydrogen) atoms. The van der Waals surface area contributed by atoms with Crippen LogP contribution in [0.1, 0.15) is 168 Å². The molecule has 0 aromatic rings. The average molecular weight is 913 g/mol. The van der Waals surface area contributed by atoms with E-state index < -0.39 is 5.12 Å². The van der Waals surface area contributed by atoms with Crippen molar-refractivity contribution in [1.29, 1.82) is 0 Å². The summed E-state index contributed by atoms with van der Waals surface area (Å²) in [6, 6.07) is 0. The number of ether oxygens (including phenoxy) is 12. The molecular weight excluding hydrogens is 813 g/mol. The zero-order valence-corrected chi connectivity index (χ0v) is 41.6. The Morgan fingerprint density at radius 3 is 0.613 bits per heavy atom. The molecule has 0 N–H and O–H groups in total. The zero-order valence-electron chi connectivity index (χ0n) is 40.7. The summed E-state index contributed by atoms with van der Waals surface area (Å²) in [5.41, 5.74) is 0. The summed E-state index contributed by atoms with van der Waals surface area (Å²) in [7, 11) is 0. The van der Waals surface area contributed by atoms with E-state index >= 15 is 0 Å². The highest BCUT2D eigenvalue weighted by Crippen LogP contribution is 2.22. The molecule has 0 fully saturated rings. The fourth-order valence-electron chi connectivity index (χ4n) is 6.47. The molecule has 13 heteroatoms. The summed E-state index contributed by atoms with van der Waals surface area (Å²) in [5.74, 6) is 0. The van der Waals surface area contributed by atoms with Gasteiger partial charge in [0.1, 0.15) is 0 Å². The maximum Gasteiger partial charge on any atom is 0.215 e. The molecule has 0 aliphatic rings. The smallest absolute Gasteiger partial charge is 0.215 e. The fourth-order valence-corrected chi connectivity index (χ4v) is 6.65. The minimum Gasteiger partial charge on any atom is -0.379 e. The minimum absolute atomic E-state index is 0.363. The third kappa shape index (κ3) is 52.5. The molecular formula is C49H100O12S. The predicted octanol–water partition coefficient (Wildman–Crippen LogP) is 10.8. The van der Waals surface area contributed by atoms with Crippen LogP contribution in [0.4, 0.5) is 0 Å². The third-order valence-electron chi connectivity index (χ3n) is 10.3. The van der Waals surface area contributed by atoms with Crippen LogP contribution < -0.4 is 0 Å². The molecule has 0 aromatic heterocycles. The van der Waals surface area contributed by atoms with E-state index in [1.165, 1.54) is 128 Å². The van der Waals surface area contributed by atoms with Crippen LogP contribution >= 0.6 is 12.6 Å². The van der Waals surface area contributed by atoms with Crippen LogP contribution in [0.2, 0.25) is 0 Å². The summed E-state index contributed by atoms with van der Waals surface area (Å²) in [6.07, 6.45) is 30.3. The molecule has 0 saturated heterocycles. The second-order valence-electron chi connectivity index (χ2n) is 16.0. The molecule has 0 heterocycles. The van der Waals surface area contributed by atoms with E-state index in [1.807, 2.05) is 6.92 Å². The number of hydrogen-bond acceptors (Lipinski definition) is 13. The van der Waals surface area contributed by atoms with Crippen LogP contribution in [0.5, 0.6) is 0 Å². The van der Waals surface area contributed by atoms with Gasteiger partial charge in [0.2, 0.25) is 5.12 Å². The molecule has 0 aliphatic heterocycles. The van der Waals surface area contributed by atoms with Crippen LogP contribution in [0.25, 0.3) is 0 Å². The van der Waals surface area contributed by atoms with Gasteiger partial charge in [0, 0.05) is 19.6 Å². The van der Waals surface area contributed by atoms with Crippen molar-refractivity contribution in [2.45, 2.75) is 174 Å². The molecule has 0 saturated carbocycles. The van der Waals surface area contributed by atoms with E-state index in [1.54, 1.807) is 0 Å². The topological polar surface area (TPSA) is 111 Å². The highest BCUT2D eigenvalue weighted by Gasteiger charge is 2.24. The second-order valence-corrected chi connectivity index (χ2v) is 16.6. The molecule has 0 aromatic carbocycles. The van der Waals surface area contributed by atoms with Crippen LogP contribution in [0.3, 0.4) is 0 Å². The van der Waals surface area contributed by atoms with Gasteiger partial charge in [-0.2, -0.15) is 0 Å². The van der Waals surface area contributed by atoms with E-state index in [-0.39, 0.29) is 0 Å². The van der Waals surface area contributed by atoms with E-state index in [9.17, 15) is 0 Å². The molecule has 0 bridgehead atoms. The molecule has 0 rings (SSSR count). The Balaban J connectivity index is 3.30. The van der Waals surface area contributed by atoms with Crippen molar-refractivity contribution in [1.82, 2.24) is 0 Å². The largest absolute Gasteiger partial charge is 0.379 e. The van der Waals surface area contributed by atoms with Gasteiger partial charge in [-0.25, -0.2) is 0 Å². The van der Waals surface area contributed by atoms with Gasteiger partial charge in [-0.3, -0.25) is 0 Å². The summed E-state index contributed by atoms with van der Waals surface area (Å²) >= 11 is 4.57. The normalized spacial score (nSPS) is 12.0. The number of rotatable bonds is 57. The van der Waals surface area contributed by atoms with Crippen molar-refractivity contribution in [2.75, 3.05) is 145 Å². The summed E-state index contributed by atoms with van der Waals surface area (Å²) < 4.78 is 67.7. The van der Waals surface area contributed by atoms with Gasteiger partial charge in [0.25, 0.3) is 0 Å². The van der Waals surface area contributed by atoms with Crippen LogP contribution in [0, 0.1) is 0 Å². The standard InChI is InChI=1S/C49H100O12S/c1-4-7-9-11-13-15-17-19-21-23-25-27-50-29-31-52-33-35-54-37-39-56-41-43-58-45-47-60-49(62,6-3)61-48-46-59-44-42-57-40-38-55-36-34-53-32-30-51-28-26-24-22-20-18-16-14-12-10-8-5-2/h62H,4-48H2,1-3H3. The lowest BCUT2D eigenvalue weighted by Crippen LogP contribution is -2.32. The SMILES string of the molecule is CCCCCCCCCCCCCOCCOCCOCCOCCOCCOC(S)(CC)OCCOCCOCCOCCOCCOCCCCCCCCCCCCC. The Morgan fingerprint density at radius 2 is 0.403 bits per heavy atom. The molecule has 0 aliphatic carbocycles. The lowest BCUT2D eigenvalue weighted by atomic mass is 10.1. The Hall–Kier alpha value is -0.130. The van der Waals surface area contributed by atoms with Crippen LogP contribution in [-0.2, 0) is 56.8 Å². The van der Waals surface area contributed by atoms with E-state index in [0.29, 0.717) is 139 Å². The first-order valence-electron chi connectivity index (χ1n) is 25.5. The quantitative estimate of drug-likeness (QED) is 0.0356. The van der Waals surface area contributed by atoms with Crippen molar-refractivity contribution in [3.8, 4) is 0 Å². The van der Waals surface area contributed by atoms with Gasteiger partial charge in [-0.1, -0.05) is 149 Å². The molecule has 0 radical (unpaired) electrons. The minimum atomic E-state index is -0.986. The number of unbranched alkanes of at least 4 members (excludes halogenated alkanes) is 20. The average Bonchev–Trinajstić information content (AvgIpc) is 3.28. The third-order valence-corrected chi connectivity index (χ3v) is 10.9. The Bertz CT molecular complexity index is 744. The summed E-state index contributed by atoms with van der Waals surface area (Å²) in [4.78, 5) is 0. The lowest BCUT2D eigenvalue weighted by Gasteiger charge is -2.27. The van der Waals surface area contributed by atoms with E-state index in [2.05, 4.69) is 26.5 Å². The number of hydrogen-bond donors (Lipinski definition) is 1. The van der Waals surface area contributed by atoms with Gasteiger partial charge in [0.05, 0.1) is 132 Å². The van der Waals surface area contributed by atoms with Crippen molar-refractivity contribution in [3.63, 3.8) is 0 Å². The van der Waals surface area contributed by atoms with Gasteiger partial charge in [-0.05, 0) is 12.8 Å². The highest BCUT2D eigenvalue weighted by molar-refractivity contribution is 7.81. The van der Waals surface area contributed by atoms with E-state index in [4.69, 9.17) is 56.8 Å². The monoisotopic (exact) mass is 913 g/mol. The summed E-state index contributed by atoms with van der Waals surface area (Å²) in [5, 5.41) is -0.986. The lowest BCUT2D eigenvalue weighted by molar-refractivity contribution is -0.185. The second kappa shape index (κ2) is 55.2. The van der Waals surface area contributed by atoms with Gasteiger partial charge in [0.15, 0.2) is 0 Å². The molecule has 0 atom stereocenters. The van der Waals surface area contributed by atoms with Crippen molar-refractivity contribution in [2.24, 2.45) is 0 Å². The fraction of sp³-hybridized carbons (Fsp3) is 1.00. The van der Waals surface area contributed by atoms with Crippen LogP contribution in [0.15, 0.2) is 0 Å². The highest BCUT2D eigenvalue weighted by atomic mass is 32.1. The predicted molar refractivity (Wildman–Crippen MR) is 255 cm³/mol. The Labute approximate surface area is 387 Å². The molecule has 0 spiro atoms. The Kier molecular flexibility index (Phi) is 55.1. The Morgan fingerprint density at radius 1 is 0.226 bits per heavy atom. The maximum absolute atomic E-state index is 5.82. The van der Waals surface area contributed by atoms with Gasteiger partial charge < -0.3 is 56.8 Å². The van der Waals surface area contributed by atoms with Crippen LogP contribution in [-0.4, -0.2) is 150 Å². The van der Waals surface area contributed by atoms with E-state index in [0.717, 1.165) is 26.1 Å². The molecule has 374 valence electrons. The van der Waals surface area contributed by atoms with Gasteiger partial charge >= 0.3 is 0 Å². The number of thiol groups is 1. The zero-order chi connectivity index (χ0) is 44.8. The van der Waals surface area contributed by atoms with Gasteiger partial charge in [-0.15, -0.1) is 12.6 Å². The maximum atomic E-state index is 5.82. The first kappa shape index (κ1) is 61.9. The van der Waals surface area contributed by atoms with Crippen molar-refractivity contribution in [3.05, 3.63) is 0 Å². The first-order chi connectivity index (χ1) is 30.7. The first-order valence-corrected chi connectivity index (χ1v) is 25.9. The van der Waals surface area contributed by atoms with Crippen molar-refractivity contribution < 1.29 is 56.8 Å². The molecule has 0 unspecified atom stereocenters.